The molecule has 3 nitrogen and oxygen atoms in total. The second-order valence-corrected chi connectivity index (χ2v) is 5.02. The molecule has 0 spiro atoms. The molecule has 0 aliphatic heterocycles. The number of benzene rings is 1. The summed E-state index contributed by atoms with van der Waals surface area (Å²) in [5, 5.41) is 0.961. The molecule has 0 aromatic heterocycles. The zero-order chi connectivity index (χ0) is 14.3. The van der Waals surface area contributed by atoms with E-state index >= 15 is 0 Å². The molecular weight excluding hydrogens is 287 g/mol. The number of hydrogen-bond donors (Lipinski definition) is 0. The highest BCUT2D eigenvalue weighted by atomic mass is 35.5. The molecule has 104 valence electrons. The van der Waals surface area contributed by atoms with E-state index < -0.39 is 0 Å². The van der Waals surface area contributed by atoms with E-state index in [1.807, 2.05) is 6.07 Å². The Hall–Kier alpha value is -1.06. The number of rotatable bonds is 7. The molecule has 0 aliphatic rings. The van der Waals surface area contributed by atoms with Gasteiger partial charge in [0.15, 0.2) is 0 Å². The van der Waals surface area contributed by atoms with Crippen LogP contribution in [0.1, 0.15) is 31.7 Å². The molecule has 1 aromatic carbocycles. The smallest absolute Gasteiger partial charge is 0.306 e. The van der Waals surface area contributed by atoms with Gasteiger partial charge in [0.05, 0.1) is 16.7 Å². The summed E-state index contributed by atoms with van der Waals surface area (Å²) in [5.41, 5.74) is 0.829. The first-order valence-corrected chi connectivity index (χ1v) is 6.84. The van der Waals surface area contributed by atoms with Gasteiger partial charge < -0.3 is 9.53 Å². The van der Waals surface area contributed by atoms with Crippen LogP contribution in [0.5, 0.6) is 0 Å². The molecule has 19 heavy (non-hydrogen) atoms. The van der Waals surface area contributed by atoms with Crippen molar-refractivity contribution in [3.05, 3.63) is 33.8 Å². The maximum absolute atomic E-state index is 11.5. The van der Waals surface area contributed by atoms with Crippen LogP contribution in [0.15, 0.2) is 18.2 Å². The molecule has 0 heterocycles. The topological polar surface area (TPSA) is 43.4 Å². The minimum Gasteiger partial charge on any atom is -0.466 e. The highest BCUT2D eigenvalue weighted by Crippen LogP contribution is 2.26. The number of carbonyl (C=O) groups is 2. The van der Waals surface area contributed by atoms with Crippen molar-refractivity contribution in [2.24, 2.45) is 0 Å². The van der Waals surface area contributed by atoms with E-state index in [0.717, 1.165) is 5.56 Å². The van der Waals surface area contributed by atoms with Crippen LogP contribution >= 0.6 is 23.2 Å². The van der Waals surface area contributed by atoms with Crippen molar-refractivity contribution in [1.29, 1.82) is 0 Å². The lowest BCUT2D eigenvalue weighted by Gasteiger charge is -2.06. The molecule has 0 bridgehead atoms. The van der Waals surface area contributed by atoms with Gasteiger partial charge in [0.1, 0.15) is 5.78 Å². The summed E-state index contributed by atoms with van der Waals surface area (Å²) in [7, 11) is 0. The lowest BCUT2D eigenvalue weighted by molar-refractivity contribution is -0.144. The molecule has 0 aliphatic carbocycles. The first-order valence-electron chi connectivity index (χ1n) is 6.08. The van der Waals surface area contributed by atoms with Gasteiger partial charge in [0.2, 0.25) is 0 Å². The summed E-state index contributed by atoms with van der Waals surface area (Å²) >= 11 is 11.9. The average Bonchev–Trinajstić information content (AvgIpc) is 2.36. The molecule has 0 N–H and O–H groups in total. The summed E-state index contributed by atoms with van der Waals surface area (Å²) < 4.78 is 5.02. The fraction of sp³-hybridized carbons (Fsp3) is 0.429. The Labute approximate surface area is 122 Å². The van der Waals surface area contributed by atoms with E-state index in [1.54, 1.807) is 12.1 Å². The van der Waals surface area contributed by atoms with Crippen molar-refractivity contribution < 1.29 is 14.3 Å². The minimum absolute atomic E-state index is 0.0989. The number of halogens is 2. The molecule has 0 fully saturated rings. The number of Topliss-reactive ketones (excluding diaryl/α,β-unsaturated/α-hetero) is 1. The summed E-state index contributed by atoms with van der Waals surface area (Å²) in [6.45, 7) is 1.80. The van der Waals surface area contributed by atoms with Crippen molar-refractivity contribution in [3.63, 3.8) is 0 Å². The van der Waals surface area contributed by atoms with Gasteiger partial charge >= 0.3 is 5.97 Å². The summed E-state index contributed by atoms with van der Waals surface area (Å²) in [4.78, 5) is 22.2. The van der Waals surface area contributed by atoms with E-state index in [1.165, 1.54) is 6.92 Å². The number of ketones is 1. The molecule has 0 saturated carbocycles. The van der Waals surface area contributed by atoms with E-state index in [4.69, 9.17) is 27.9 Å². The standard InChI is InChI=1S/C14H16Cl2O3/c1-10(17)4-3-9-19-13(18)8-7-11-5-2-6-12(15)14(11)16/h2,5-6H,3-4,7-9H2,1H3. The lowest BCUT2D eigenvalue weighted by atomic mass is 10.1. The third kappa shape index (κ3) is 6.08. The summed E-state index contributed by atoms with van der Waals surface area (Å²) in [5.74, 6) is -0.193. The SMILES string of the molecule is CC(=O)CCCOC(=O)CCc1cccc(Cl)c1Cl. The van der Waals surface area contributed by atoms with Crippen LogP contribution in [0.25, 0.3) is 0 Å². The van der Waals surface area contributed by atoms with Crippen molar-refractivity contribution >= 4 is 35.0 Å². The Morgan fingerprint density at radius 2 is 1.95 bits per heavy atom. The molecule has 1 aromatic rings. The third-order valence-electron chi connectivity index (χ3n) is 2.57. The van der Waals surface area contributed by atoms with E-state index in [0.29, 0.717) is 29.3 Å². The second kappa shape index (κ2) is 8.18. The predicted molar refractivity (Wildman–Crippen MR) is 75.7 cm³/mol. The molecule has 0 amide bonds. The molecule has 0 saturated heterocycles. The number of ether oxygens (including phenoxy) is 1. The van der Waals surface area contributed by atoms with Crippen LogP contribution in [0, 0.1) is 0 Å². The first-order chi connectivity index (χ1) is 9.00. The van der Waals surface area contributed by atoms with E-state index in [-0.39, 0.29) is 24.8 Å². The van der Waals surface area contributed by atoms with Crippen LogP contribution in [-0.4, -0.2) is 18.4 Å². The Balaban J connectivity index is 2.30. The fourth-order valence-electron chi connectivity index (χ4n) is 1.56. The Bertz CT molecular complexity index is 458. The van der Waals surface area contributed by atoms with Gasteiger partial charge in [-0.15, -0.1) is 0 Å². The van der Waals surface area contributed by atoms with Gasteiger partial charge in [-0.2, -0.15) is 0 Å². The fourth-order valence-corrected chi connectivity index (χ4v) is 1.97. The Morgan fingerprint density at radius 1 is 1.21 bits per heavy atom. The zero-order valence-electron chi connectivity index (χ0n) is 10.7. The van der Waals surface area contributed by atoms with E-state index in [2.05, 4.69) is 0 Å². The summed E-state index contributed by atoms with van der Waals surface area (Å²) in [6.07, 6.45) is 1.75. The molecular formula is C14H16Cl2O3. The van der Waals surface area contributed by atoms with Gasteiger partial charge in [-0.25, -0.2) is 0 Å². The van der Waals surface area contributed by atoms with Crippen LogP contribution in [-0.2, 0) is 20.7 Å². The average molecular weight is 303 g/mol. The van der Waals surface area contributed by atoms with Gasteiger partial charge in [0, 0.05) is 12.8 Å². The maximum atomic E-state index is 11.5. The van der Waals surface area contributed by atoms with Gasteiger partial charge in [-0.3, -0.25) is 4.79 Å². The molecule has 1 rings (SSSR count). The number of hydrogen-bond acceptors (Lipinski definition) is 3. The van der Waals surface area contributed by atoms with Crippen molar-refractivity contribution in [1.82, 2.24) is 0 Å². The molecule has 0 radical (unpaired) electrons. The predicted octanol–water partition coefficient (Wildman–Crippen LogP) is 3.84. The Kier molecular flexibility index (Phi) is 6.89. The number of carbonyl (C=O) groups excluding carboxylic acids is 2. The van der Waals surface area contributed by atoms with Gasteiger partial charge in [-0.1, -0.05) is 35.3 Å². The molecule has 0 atom stereocenters. The lowest BCUT2D eigenvalue weighted by Crippen LogP contribution is -2.08. The van der Waals surface area contributed by atoms with Crippen molar-refractivity contribution in [2.75, 3.05) is 6.61 Å². The van der Waals surface area contributed by atoms with Crippen LogP contribution in [0.2, 0.25) is 10.0 Å². The maximum Gasteiger partial charge on any atom is 0.306 e. The second-order valence-electron chi connectivity index (χ2n) is 4.24. The monoisotopic (exact) mass is 302 g/mol. The minimum atomic E-state index is -0.292. The number of aryl methyl sites for hydroxylation is 1. The van der Waals surface area contributed by atoms with Crippen LogP contribution < -0.4 is 0 Å². The molecule has 0 unspecified atom stereocenters. The highest BCUT2D eigenvalue weighted by Gasteiger charge is 2.08. The third-order valence-corrected chi connectivity index (χ3v) is 3.42. The van der Waals surface area contributed by atoms with Crippen LogP contribution in [0.4, 0.5) is 0 Å². The highest BCUT2D eigenvalue weighted by molar-refractivity contribution is 6.42. The largest absolute Gasteiger partial charge is 0.466 e. The van der Waals surface area contributed by atoms with Crippen molar-refractivity contribution in [3.8, 4) is 0 Å². The molecule has 5 heteroatoms. The zero-order valence-corrected chi connectivity index (χ0v) is 12.3. The first kappa shape index (κ1) is 16.0. The summed E-state index contributed by atoms with van der Waals surface area (Å²) in [6, 6.07) is 5.33. The van der Waals surface area contributed by atoms with Crippen LogP contribution in [0.3, 0.4) is 0 Å². The quantitative estimate of drug-likeness (QED) is 0.568. The van der Waals surface area contributed by atoms with E-state index in [9.17, 15) is 9.59 Å². The normalized spacial score (nSPS) is 10.3. The number of esters is 1. The van der Waals surface area contributed by atoms with Gasteiger partial charge in [0.25, 0.3) is 0 Å². The van der Waals surface area contributed by atoms with Gasteiger partial charge in [-0.05, 0) is 31.4 Å². The van der Waals surface area contributed by atoms with Crippen molar-refractivity contribution in [2.45, 2.75) is 32.6 Å². The Morgan fingerprint density at radius 3 is 2.63 bits per heavy atom.